The van der Waals surface area contributed by atoms with Crippen molar-refractivity contribution in [2.24, 2.45) is 5.92 Å². The maximum absolute atomic E-state index is 10.5. The second-order valence-electron chi connectivity index (χ2n) is 8.57. The van der Waals surface area contributed by atoms with Crippen molar-refractivity contribution in [2.45, 2.75) is 37.8 Å². The number of anilines is 1. The number of nitrogens with one attached hydrogen (secondary N) is 1. The Hall–Kier alpha value is -2.93. The number of phenols is 1. The minimum absolute atomic E-state index is 0.176. The molecule has 1 aliphatic carbocycles. The van der Waals surface area contributed by atoms with Gasteiger partial charge in [-0.3, -0.25) is 0 Å². The zero-order chi connectivity index (χ0) is 20.0. The van der Waals surface area contributed by atoms with E-state index >= 15 is 0 Å². The van der Waals surface area contributed by atoms with Crippen LogP contribution in [0.3, 0.4) is 0 Å². The molecule has 3 fully saturated rings. The standard InChI is InChI=1S/C22H26N6O/c1-22-8-7-15(13-24-22)19(12-22)27(2)21-6-5-18(25-26-21)17-4-3-16(11-20(17)29)28-10-9-23-14-28/h3-6,9-11,14-15,19,24,29H,7-8,12-13H2,1-2H3/t15?,19-,22+/m0/s1. The molecule has 3 aliphatic rings. The van der Waals surface area contributed by atoms with Crippen LogP contribution in [0, 0.1) is 5.92 Å². The molecular weight excluding hydrogens is 364 g/mol. The fraction of sp³-hybridized carbons (Fsp3) is 0.409. The number of benzene rings is 1. The molecule has 0 spiro atoms. The Balaban J connectivity index is 1.36. The highest BCUT2D eigenvalue weighted by Crippen LogP contribution is 2.40. The van der Waals surface area contributed by atoms with Gasteiger partial charge in [0, 0.05) is 49.2 Å². The second kappa shape index (κ2) is 6.84. The van der Waals surface area contributed by atoms with E-state index in [1.165, 1.54) is 12.8 Å². The topological polar surface area (TPSA) is 79.1 Å². The van der Waals surface area contributed by atoms with Crippen LogP contribution < -0.4 is 10.2 Å². The molecule has 1 unspecified atom stereocenters. The number of piperidine rings is 2. The van der Waals surface area contributed by atoms with E-state index in [2.05, 4.69) is 39.4 Å². The molecule has 6 rings (SSSR count). The quantitative estimate of drug-likeness (QED) is 0.713. The van der Waals surface area contributed by atoms with Gasteiger partial charge in [0.15, 0.2) is 5.82 Å². The number of aromatic hydroxyl groups is 1. The van der Waals surface area contributed by atoms with E-state index in [9.17, 15) is 5.11 Å². The molecular formula is C22H26N6O. The summed E-state index contributed by atoms with van der Waals surface area (Å²) in [5.41, 5.74) is 2.42. The predicted octanol–water partition coefficient (Wildman–Crippen LogP) is 3.00. The first kappa shape index (κ1) is 18.1. The minimum atomic E-state index is 0.176. The minimum Gasteiger partial charge on any atom is -0.507 e. The number of phenolic OH excluding ortho intramolecular Hbond substituents is 1. The predicted molar refractivity (Wildman–Crippen MR) is 112 cm³/mol. The zero-order valence-electron chi connectivity index (χ0n) is 16.8. The highest BCUT2D eigenvalue weighted by atomic mass is 16.3. The van der Waals surface area contributed by atoms with Crippen LogP contribution in [-0.4, -0.2) is 50.0 Å². The van der Waals surface area contributed by atoms with Crippen molar-refractivity contribution in [3.63, 3.8) is 0 Å². The summed E-state index contributed by atoms with van der Waals surface area (Å²) in [6.07, 6.45) is 8.90. The fourth-order valence-electron chi connectivity index (χ4n) is 4.79. The van der Waals surface area contributed by atoms with Crippen molar-refractivity contribution in [1.29, 1.82) is 0 Å². The monoisotopic (exact) mass is 390 g/mol. The number of nitrogens with zero attached hydrogens (tertiary/aromatic N) is 5. The molecule has 7 heteroatoms. The van der Waals surface area contributed by atoms with Gasteiger partial charge in [0.2, 0.25) is 0 Å². The number of fused-ring (bicyclic) bond motifs is 3. The van der Waals surface area contributed by atoms with E-state index in [1.54, 1.807) is 18.6 Å². The van der Waals surface area contributed by atoms with E-state index in [0.717, 1.165) is 24.5 Å². The van der Waals surface area contributed by atoms with Crippen molar-refractivity contribution in [3.8, 4) is 22.7 Å². The van der Waals surface area contributed by atoms with Crippen LogP contribution in [0.1, 0.15) is 26.2 Å². The molecule has 3 atom stereocenters. The van der Waals surface area contributed by atoms with Crippen LogP contribution in [0.5, 0.6) is 5.75 Å². The van der Waals surface area contributed by atoms with Crippen LogP contribution in [0.25, 0.3) is 16.9 Å². The van der Waals surface area contributed by atoms with Gasteiger partial charge in [0.05, 0.1) is 17.7 Å². The molecule has 0 amide bonds. The molecule has 2 bridgehead atoms. The molecule has 1 aromatic carbocycles. The number of aromatic nitrogens is 4. The highest BCUT2D eigenvalue weighted by Gasteiger charge is 2.44. The third-order valence-corrected chi connectivity index (χ3v) is 6.63. The Labute approximate surface area is 170 Å². The van der Waals surface area contributed by atoms with Crippen LogP contribution in [0.2, 0.25) is 0 Å². The Kier molecular flexibility index (Phi) is 4.28. The Morgan fingerprint density at radius 3 is 2.76 bits per heavy atom. The molecule has 0 radical (unpaired) electrons. The van der Waals surface area contributed by atoms with Crippen LogP contribution in [0.15, 0.2) is 49.1 Å². The second-order valence-corrected chi connectivity index (χ2v) is 8.57. The molecule has 3 aromatic rings. The van der Waals surface area contributed by atoms with Crippen LogP contribution in [-0.2, 0) is 0 Å². The fourth-order valence-corrected chi connectivity index (χ4v) is 4.79. The summed E-state index contributed by atoms with van der Waals surface area (Å²) in [7, 11) is 2.12. The number of rotatable bonds is 4. The van der Waals surface area contributed by atoms with Gasteiger partial charge in [-0.15, -0.1) is 10.2 Å². The van der Waals surface area contributed by atoms with Gasteiger partial charge in [-0.05, 0) is 56.4 Å². The smallest absolute Gasteiger partial charge is 0.151 e. The lowest BCUT2D eigenvalue weighted by atomic mass is 9.69. The molecule has 2 aliphatic heterocycles. The van der Waals surface area contributed by atoms with E-state index in [-0.39, 0.29) is 11.3 Å². The Bertz CT molecular complexity index is 993. The van der Waals surface area contributed by atoms with Crippen molar-refractivity contribution in [1.82, 2.24) is 25.1 Å². The van der Waals surface area contributed by atoms with Gasteiger partial charge in [-0.1, -0.05) is 0 Å². The Morgan fingerprint density at radius 2 is 2.14 bits per heavy atom. The summed E-state index contributed by atoms with van der Waals surface area (Å²) in [6.45, 7) is 3.41. The number of imidazole rings is 1. The average molecular weight is 390 g/mol. The molecule has 1 saturated carbocycles. The first-order valence-corrected chi connectivity index (χ1v) is 10.2. The van der Waals surface area contributed by atoms with Gasteiger partial charge < -0.3 is 19.9 Å². The molecule has 2 aromatic heterocycles. The normalized spacial score (nSPS) is 25.9. The van der Waals surface area contributed by atoms with Crippen LogP contribution in [0.4, 0.5) is 5.82 Å². The SMILES string of the molecule is CN(c1ccc(-c2ccc(-n3ccnc3)cc2O)nn1)[C@H]1C[C@@]2(C)CCC1CN2. The molecule has 2 N–H and O–H groups in total. The molecule has 4 heterocycles. The van der Waals surface area contributed by atoms with Gasteiger partial charge in [-0.2, -0.15) is 0 Å². The largest absolute Gasteiger partial charge is 0.507 e. The summed E-state index contributed by atoms with van der Waals surface area (Å²) >= 11 is 0. The number of hydrogen-bond donors (Lipinski definition) is 2. The van der Waals surface area contributed by atoms with E-state index in [1.807, 2.05) is 35.0 Å². The Morgan fingerprint density at radius 1 is 1.24 bits per heavy atom. The molecule has 29 heavy (non-hydrogen) atoms. The first-order chi connectivity index (χ1) is 14.0. The van der Waals surface area contributed by atoms with Crippen molar-refractivity contribution in [3.05, 3.63) is 49.1 Å². The molecule has 2 saturated heterocycles. The lowest BCUT2D eigenvalue weighted by Crippen LogP contribution is -2.62. The average Bonchev–Trinajstić information content (AvgIpc) is 3.28. The van der Waals surface area contributed by atoms with E-state index in [0.29, 0.717) is 23.2 Å². The maximum Gasteiger partial charge on any atom is 0.151 e. The van der Waals surface area contributed by atoms with Gasteiger partial charge in [-0.25, -0.2) is 4.98 Å². The third kappa shape index (κ3) is 3.25. The summed E-state index contributed by atoms with van der Waals surface area (Å²) in [5.74, 6) is 1.71. The highest BCUT2D eigenvalue weighted by molar-refractivity contribution is 5.69. The summed E-state index contributed by atoms with van der Waals surface area (Å²) in [6, 6.07) is 9.94. The van der Waals surface area contributed by atoms with Crippen molar-refractivity contribution < 1.29 is 5.11 Å². The van der Waals surface area contributed by atoms with Crippen molar-refractivity contribution in [2.75, 3.05) is 18.5 Å². The van der Waals surface area contributed by atoms with Crippen molar-refractivity contribution >= 4 is 5.82 Å². The van der Waals surface area contributed by atoms with Gasteiger partial charge in [0.25, 0.3) is 0 Å². The summed E-state index contributed by atoms with van der Waals surface area (Å²) < 4.78 is 1.85. The van der Waals surface area contributed by atoms with Crippen LogP contribution >= 0.6 is 0 Å². The summed E-state index contributed by atoms with van der Waals surface area (Å²) in [5, 5.41) is 23.1. The maximum atomic E-state index is 10.5. The molecule has 7 nitrogen and oxygen atoms in total. The number of hydrogen-bond acceptors (Lipinski definition) is 6. The van der Waals surface area contributed by atoms with E-state index < -0.39 is 0 Å². The third-order valence-electron chi connectivity index (χ3n) is 6.63. The first-order valence-electron chi connectivity index (χ1n) is 10.2. The molecule has 150 valence electrons. The van der Waals surface area contributed by atoms with Gasteiger partial charge in [0.1, 0.15) is 5.75 Å². The lowest BCUT2D eigenvalue weighted by Gasteiger charge is -2.52. The summed E-state index contributed by atoms with van der Waals surface area (Å²) in [4.78, 5) is 6.32. The lowest BCUT2D eigenvalue weighted by molar-refractivity contribution is 0.108. The van der Waals surface area contributed by atoms with Gasteiger partial charge >= 0.3 is 0 Å². The van der Waals surface area contributed by atoms with E-state index in [4.69, 9.17) is 0 Å². The zero-order valence-corrected chi connectivity index (χ0v) is 16.8.